The fourth-order valence-corrected chi connectivity index (χ4v) is 4.02. The van der Waals surface area contributed by atoms with E-state index < -0.39 is 11.8 Å². The Morgan fingerprint density at radius 2 is 1.95 bits per heavy atom. The Hall–Kier alpha value is -1.42. The van der Waals surface area contributed by atoms with Crippen LogP contribution in [0.1, 0.15) is 54.4 Å². The highest BCUT2D eigenvalue weighted by molar-refractivity contribution is 5.87. The van der Waals surface area contributed by atoms with Crippen molar-refractivity contribution in [3.63, 3.8) is 0 Å². The van der Waals surface area contributed by atoms with E-state index in [9.17, 15) is 9.18 Å². The van der Waals surface area contributed by atoms with Gasteiger partial charge in [-0.25, -0.2) is 9.18 Å². The largest absolute Gasteiger partial charge is 0.478 e. The summed E-state index contributed by atoms with van der Waals surface area (Å²) in [7, 11) is 0. The number of carbonyl (C=O) groups is 1. The van der Waals surface area contributed by atoms with E-state index in [1.165, 1.54) is 44.6 Å². The lowest BCUT2D eigenvalue weighted by molar-refractivity contribution is 0.0545. The average molecular weight is 291 g/mol. The van der Waals surface area contributed by atoms with Gasteiger partial charge in [0.2, 0.25) is 0 Å². The molecule has 0 bridgehead atoms. The van der Waals surface area contributed by atoms with Gasteiger partial charge in [-0.2, -0.15) is 0 Å². The molecule has 2 atom stereocenters. The molecular weight excluding hydrogens is 269 g/mol. The molecule has 3 nitrogen and oxygen atoms in total. The first-order chi connectivity index (χ1) is 10.1. The van der Waals surface area contributed by atoms with Crippen molar-refractivity contribution in [2.75, 3.05) is 6.54 Å². The molecule has 2 unspecified atom stereocenters. The molecule has 1 heterocycles. The molecule has 21 heavy (non-hydrogen) atoms. The number of carboxylic acids is 1. The first-order valence-electron chi connectivity index (χ1n) is 7.90. The lowest BCUT2D eigenvalue weighted by Crippen LogP contribution is -2.46. The molecule has 0 radical (unpaired) electrons. The smallest absolute Gasteiger partial charge is 0.335 e. The van der Waals surface area contributed by atoms with Crippen LogP contribution in [0.4, 0.5) is 4.39 Å². The summed E-state index contributed by atoms with van der Waals surface area (Å²) in [5.74, 6) is -0.743. The number of likely N-dealkylation sites (tertiary alicyclic amines) is 1. The van der Waals surface area contributed by atoms with Crippen LogP contribution >= 0.6 is 0 Å². The van der Waals surface area contributed by atoms with Gasteiger partial charge in [-0.1, -0.05) is 12.8 Å². The van der Waals surface area contributed by atoms with Crippen molar-refractivity contribution in [3.8, 4) is 0 Å². The van der Waals surface area contributed by atoms with Crippen LogP contribution in [-0.2, 0) is 6.54 Å². The van der Waals surface area contributed by atoms with Crippen molar-refractivity contribution in [2.24, 2.45) is 5.92 Å². The summed E-state index contributed by atoms with van der Waals surface area (Å²) in [6, 6.07) is 4.77. The average Bonchev–Trinajstić information content (AvgIpc) is 2.47. The molecule has 2 aliphatic rings. The molecule has 0 amide bonds. The Morgan fingerprint density at radius 3 is 2.76 bits per heavy atom. The molecule has 1 aromatic rings. The first kappa shape index (κ1) is 14.5. The van der Waals surface area contributed by atoms with E-state index in [0.717, 1.165) is 24.1 Å². The molecule has 114 valence electrons. The quantitative estimate of drug-likeness (QED) is 0.923. The molecule has 1 saturated heterocycles. The van der Waals surface area contributed by atoms with Crippen LogP contribution in [0.2, 0.25) is 0 Å². The molecular formula is C17H22FNO2. The van der Waals surface area contributed by atoms with Crippen molar-refractivity contribution in [3.05, 3.63) is 35.1 Å². The number of aromatic carboxylic acids is 1. The Labute approximate surface area is 124 Å². The zero-order valence-corrected chi connectivity index (χ0v) is 12.2. The van der Waals surface area contributed by atoms with E-state index in [2.05, 4.69) is 4.90 Å². The number of fused-ring (bicyclic) bond motifs is 1. The minimum absolute atomic E-state index is 0.0437. The zero-order chi connectivity index (χ0) is 14.8. The second-order valence-electron chi connectivity index (χ2n) is 6.38. The zero-order valence-electron chi connectivity index (χ0n) is 12.2. The number of benzene rings is 1. The van der Waals surface area contributed by atoms with Gasteiger partial charge in [0.1, 0.15) is 5.82 Å². The highest BCUT2D eigenvalue weighted by atomic mass is 19.1. The highest BCUT2D eigenvalue weighted by Crippen LogP contribution is 2.36. The van der Waals surface area contributed by atoms with Gasteiger partial charge in [-0.05, 0) is 61.9 Å². The molecule has 0 aromatic heterocycles. The summed E-state index contributed by atoms with van der Waals surface area (Å²) < 4.78 is 13.6. The van der Waals surface area contributed by atoms with E-state index >= 15 is 0 Å². The van der Waals surface area contributed by atoms with E-state index in [1.807, 2.05) is 0 Å². The SMILES string of the molecule is O=C(O)c1cc(F)cc(CN2CCCC3CCCCC32)c1. The molecule has 4 heteroatoms. The number of carboxylic acid groups (broad SMARTS) is 1. The molecule has 1 aliphatic carbocycles. The number of nitrogens with zero attached hydrogens (tertiary/aromatic N) is 1. The van der Waals surface area contributed by atoms with Crippen LogP contribution < -0.4 is 0 Å². The molecule has 3 rings (SSSR count). The summed E-state index contributed by atoms with van der Waals surface area (Å²) in [6.45, 7) is 1.71. The molecule has 1 saturated carbocycles. The molecule has 1 aliphatic heterocycles. The summed E-state index contributed by atoms with van der Waals surface area (Å²) in [5.41, 5.74) is 0.820. The highest BCUT2D eigenvalue weighted by Gasteiger charge is 2.33. The number of hydrogen-bond acceptors (Lipinski definition) is 2. The second kappa shape index (κ2) is 6.14. The summed E-state index contributed by atoms with van der Waals surface area (Å²) in [5, 5.41) is 9.05. The minimum Gasteiger partial charge on any atom is -0.478 e. The number of hydrogen-bond donors (Lipinski definition) is 1. The van der Waals surface area contributed by atoms with Crippen LogP contribution in [0, 0.1) is 11.7 Å². The Bertz CT molecular complexity index is 530. The molecule has 1 aromatic carbocycles. The van der Waals surface area contributed by atoms with Crippen LogP contribution in [0.3, 0.4) is 0 Å². The minimum atomic E-state index is -1.06. The fourth-order valence-electron chi connectivity index (χ4n) is 4.02. The maximum Gasteiger partial charge on any atom is 0.335 e. The van der Waals surface area contributed by atoms with Crippen LogP contribution in [-0.4, -0.2) is 28.6 Å². The van der Waals surface area contributed by atoms with Crippen molar-refractivity contribution in [1.29, 1.82) is 0 Å². The topological polar surface area (TPSA) is 40.5 Å². The van der Waals surface area contributed by atoms with Crippen molar-refractivity contribution >= 4 is 5.97 Å². The summed E-state index contributed by atoms with van der Waals surface area (Å²) in [6.07, 6.45) is 7.66. The second-order valence-corrected chi connectivity index (χ2v) is 6.38. The number of halogens is 1. The predicted octanol–water partition coefficient (Wildman–Crippen LogP) is 3.68. The summed E-state index contributed by atoms with van der Waals surface area (Å²) in [4.78, 5) is 13.5. The van der Waals surface area contributed by atoms with Crippen molar-refractivity contribution in [1.82, 2.24) is 4.90 Å². The predicted molar refractivity (Wildman–Crippen MR) is 78.7 cm³/mol. The third-order valence-corrected chi connectivity index (χ3v) is 4.95. The standard InChI is InChI=1S/C17H22FNO2/c18-15-9-12(8-14(10-15)17(20)21)11-19-7-3-5-13-4-1-2-6-16(13)19/h8-10,13,16H,1-7,11H2,(H,20,21). The Kier molecular flexibility index (Phi) is 4.24. The van der Waals surface area contributed by atoms with Gasteiger partial charge in [-0.3, -0.25) is 4.90 Å². The molecule has 1 N–H and O–H groups in total. The summed E-state index contributed by atoms with van der Waals surface area (Å²) >= 11 is 0. The van der Waals surface area contributed by atoms with Crippen molar-refractivity contribution < 1.29 is 14.3 Å². The fraction of sp³-hybridized carbons (Fsp3) is 0.588. The normalized spacial score (nSPS) is 26.3. The lowest BCUT2D eigenvalue weighted by atomic mass is 9.78. The monoisotopic (exact) mass is 291 g/mol. The van der Waals surface area contributed by atoms with Crippen LogP contribution in [0.25, 0.3) is 0 Å². The van der Waals surface area contributed by atoms with Gasteiger partial charge in [0, 0.05) is 12.6 Å². The molecule has 0 spiro atoms. The van der Waals surface area contributed by atoms with Gasteiger partial charge in [0.05, 0.1) is 5.56 Å². The van der Waals surface area contributed by atoms with Crippen LogP contribution in [0.15, 0.2) is 18.2 Å². The van der Waals surface area contributed by atoms with E-state index in [4.69, 9.17) is 5.11 Å². The van der Waals surface area contributed by atoms with Gasteiger partial charge < -0.3 is 5.11 Å². The molecule has 2 fully saturated rings. The maximum atomic E-state index is 13.6. The van der Waals surface area contributed by atoms with E-state index in [1.54, 1.807) is 6.07 Å². The van der Waals surface area contributed by atoms with Gasteiger partial charge in [-0.15, -0.1) is 0 Å². The Balaban J connectivity index is 1.77. The van der Waals surface area contributed by atoms with Crippen molar-refractivity contribution in [2.45, 2.75) is 51.1 Å². The first-order valence-corrected chi connectivity index (χ1v) is 7.90. The third kappa shape index (κ3) is 3.26. The van der Waals surface area contributed by atoms with Gasteiger partial charge in [0.25, 0.3) is 0 Å². The Morgan fingerprint density at radius 1 is 1.19 bits per heavy atom. The maximum absolute atomic E-state index is 13.6. The van der Waals surface area contributed by atoms with Gasteiger partial charge in [0.15, 0.2) is 0 Å². The van der Waals surface area contributed by atoms with E-state index in [0.29, 0.717) is 12.6 Å². The third-order valence-electron chi connectivity index (χ3n) is 4.95. The number of rotatable bonds is 3. The number of piperidine rings is 1. The van der Waals surface area contributed by atoms with Crippen LogP contribution in [0.5, 0.6) is 0 Å². The van der Waals surface area contributed by atoms with E-state index in [-0.39, 0.29) is 5.56 Å². The van der Waals surface area contributed by atoms with Gasteiger partial charge >= 0.3 is 5.97 Å². The lowest BCUT2D eigenvalue weighted by Gasteiger charge is -2.44.